The summed E-state index contributed by atoms with van der Waals surface area (Å²) in [6.07, 6.45) is 14.3. The highest BCUT2D eigenvalue weighted by molar-refractivity contribution is 5.75. The Bertz CT molecular complexity index is 681. The van der Waals surface area contributed by atoms with E-state index in [0.29, 0.717) is 23.2 Å². The van der Waals surface area contributed by atoms with E-state index in [9.17, 15) is 9.90 Å². The molecule has 0 heterocycles. The fraction of sp³-hybridized carbons (Fsp3) is 0.966. The molecular weight excluding hydrogens is 408 g/mol. The Kier molecular flexibility index (Phi) is 7.85. The highest BCUT2D eigenvalue weighted by Gasteiger charge is 2.60. The summed E-state index contributed by atoms with van der Waals surface area (Å²) in [7, 11) is 4.16. The summed E-state index contributed by atoms with van der Waals surface area (Å²) in [6.45, 7) is 9.48. The van der Waals surface area contributed by atoms with Gasteiger partial charge >= 0.3 is 0 Å². The first-order chi connectivity index (χ1) is 15.6. The Morgan fingerprint density at radius 2 is 1.76 bits per heavy atom. The van der Waals surface area contributed by atoms with Crippen LogP contribution in [0.3, 0.4) is 0 Å². The van der Waals surface area contributed by atoms with Gasteiger partial charge in [-0.1, -0.05) is 20.8 Å². The van der Waals surface area contributed by atoms with E-state index >= 15 is 0 Å². The molecule has 4 rings (SSSR count). The van der Waals surface area contributed by atoms with Gasteiger partial charge in [-0.15, -0.1) is 0 Å². The monoisotopic (exact) mass is 460 g/mol. The van der Waals surface area contributed by atoms with Crippen LogP contribution in [0, 0.1) is 46.3 Å². The number of nitrogens with zero attached hydrogens (tertiary/aromatic N) is 1. The van der Waals surface area contributed by atoms with Crippen molar-refractivity contribution in [1.29, 1.82) is 0 Å². The number of hydrogen-bond donors (Lipinski definition) is 2. The second-order valence-corrected chi connectivity index (χ2v) is 13.3. The summed E-state index contributed by atoms with van der Waals surface area (Å²) < 4.78 is 0. The topological polar surface area (TPSA) is 52.6 Å². The minimum Gasteiger partial charge on any atom is -0.393 e. The number of hydrogen-bond acceptors (Lipinski definition) is 3. The van der Waals surface area contributed by atoms with E-state index in [1.165, 1.54) is 44.9 Å². The summed E-state index contributed by atoms with van der Waals surface area (Å²) in [5, 5.41) is 13.4. The van der Waals surface area contributed by atoms with Crippen LogP contribution in [0.15, 0.2) is 0 Å². The summed E-state index contributed by atoms with van der Waals surface area (Å²) in [6, 6.07) is 0. The lowest BCUT2D eigenvalue weighted by molar-refractivity contribution is -0.129. The van der Waals surface area contributed by atoms with E-state index < -0.39 is 0 Å². The van der Waals surface area contributed by atoms with E-state index in [1.807, 2.05) is 0 Å². The zero-order valence-corrected chi connectivity index (χ0v) is 22.2. The molecule has 4 fully saturated rings. The third kappa shape index (κ3) is 5.03. The van der Waals surface area contributed by atoms with Gasteiger partial charge in [0.2, 0.25) is 5.91 Å². The highest BCUT2D eigenvalue weighted by atomic mass is 16.3. The molecule has 4 nitrogen and oxygen atoms in total. The first-order valence-electron chi connectivity index (χ1n) is 14.2. The molecule has 0 spiro atoms. The summed E-state index contributed by atoms with van der Waals surface area (Å²) in [5.41, 5.74) is 0.942. The molecule has 0 radical (unpaired) electrons. The van der Waals surface area contributed by atoms with Gasteiger partial charge in [0.05, 0.1) is 6.10 Å². The van der Waals surface area contributed by atoms with Gasteiger partial charge in [-0.25, -0.2) is 0 Å². The molecule has 5 unspecified atom stereocenters. The zero-order valence-electron chi connectivity index (χ0n) is 22.2. The van der Waals surface area contributed by atoms with Crippen molar-refractivity contribution in [2.45, 2.75) is 104 Å². The van der Waals surface area contributed by atoms with Crippen LogP contribution in [-0.2, 0) is 4.79 Å². The van der Waals surface area contributed by atoms with Crippen LogP contribution < -0.4 is 5.32 Å². The van der Waals surface area contributed by atoms with E-state index in [2.05, 4.69) is 45.1 Å². The summed E-state index contributed by atoms with van der Waals surface area (Å²) in [5.74, 6) is 5.08. The second kappa shape index (κ2) is 10.2. The predicted molar refractivity (Wildman–Crippen MR) is 136 cm³/mol. The van der Waals surface area contributed by atoms with Gasteiger partial charge in [-0.05, 0) is 138 Å². The molecule has 4 heteroatoms. The van der Waals surface area contributed by atoms with Crippen molar-refractivity contribution >= 4 is 5.91 Å². The van der Waals surface area contributed by atoms with E-state index in [0.717, 1.165) is 68.4 Å². The van der Waals surface area contributed by atoms with Crippen LogP contribution in [0.5, 0.6) is 0 Å². The third-order valence-corrected chi connectivity index (χ3v) is 11.3. The molecule has 4 aliphatic carbocycles. The molecule has 0 aromatic carbocycles. The molecule has 4 saturated carbocycles. The standard InChI is InChI=1S/C29H52N2O2/c1-20(7-12-27(33)30-17-6-18-31(4)5)24-10-11-25-23-9-8-21-19-22(32)13-15-28(21,2)26(23)14-16-29(24,25)3/h20-26,32H,6-19H2,1-5H3,(H,30,33)/t20-,21?,22-,23?,24?,25?,26?,28+,29-/m1/s1. The molecule has 4 aliphatic rings. The number of nitrogens with one attached hydrogen (secondary N) is 1. The number of carbonyl (C=O) groups is 1. The van der Waals surface area contributed by atoms with Gasteiger partial charge in [-0.3, -0.25) is 4.79 Å². The molecule has 0 aliphatic heterocycles. The lowest BCUT2D eigenvalue weighted by Crippen LogP contribution is -2.54. The number of aliphatic hydroxyl groups is 1. The van der Waals surface area contributed by atoms with Gasteiger partial charge in [0.15, 0.2) is 0 Å². The van der Waals surface area contributed by atoms with E-state index in [4.69, 9.17) is 0 Å². The SMILES string of the molecule is C[C@H](CCC(=O)NCCCN(C)C)C1CCC2C3CCC4C[C@H](O)CC[C@]4(C)C3CC[C@@]21C. The number of carbonyl (C=O) groups excluding carboxylic acids is 1. The molecule has 0 saturated heterocycles. The quantitative estimate of drug-likeness (QED) is 0.471. The summed E-state index contributed by atoms with van der Waals surface area (Å²) >= 11 is 0. The highest BCUT2D eigenvalue weighted by Crippen LogP contribution is 2.68. The molecule has 0 aromatic heterocycles. The van der Waals surface area contributed by atoms with Gasteiger partial charge in [0, 0.05) is 13.0 Å². The van der Waals surface area contributed by atoms with Crippen LogP contribution in [0.25, 0.3) is 0 Å². The van der Waals surface area contributed by atoms with Crippen LogP contribution >= 0.6 is 0 Å². The Balaban J connectivity index is 1.32. The van der Waals surface area contributed by atoms with Crippen molar-refractivity contribution < 1.29 is 9.90 Å². The minimum atomic E-state index is -0.0459. The molecule has 0 bridgehead atoms. The molecule has 1 amide bonds. The molecule has 2 N–H and O–H groups in total. The maximum Gasteiger partial charge on any atom is 0.220 e. The first-order valence-corrected chi connectivity index (χ1v) is 14.2. The van der Waals surface area contributed by atoms with Crippen molar-refractivity contribution in [2.24, 2.45) is 46.3 Å². The second-order valence-electron chi connectivity index (χ2n) is 13.3. The fourth-order valence-electron chi connectivity index (χ4n) is 9.48. The van der Waals surface area contributed by atoms with Crippen molar-refractivity contribution in [1.82, 2.24) is 10.2 Å². The molecule has 9 atom stereocenters. The Morgan fingerprint density at radius 1 is 1.03 bits per heavy atom. The van der Waals surface area contributed by atoms with E-state index in [-0.39, 0.29) is 12.0 Å². The first kappa shape index (κ1) is 25.5. The minimum absolute atomic E-state index is 0.0459. The van der Waals surface area contributed by atoms with Gasteiger partial charge in [-0.2, -0.15) is 0 Å². The van der Waals surface area contributed by atoms with Gasteiger partial charge in [0.25, 0.3) is 0 Å². The van der Waals surface area contributed by atoms with Crippen molar-refractivity contribution in [3.63, 3.8) is 0 Å². The maximum absolute atomic E-state index is 12.4. The van der Waals surface area contributed by atoms with Gasteiger partial charge < -0.3 is 15.3 Å². The lowest BCUT2D eigenvalue weighted by atomic mass is 9.44. The van der Waals surface area contributed by atoms with Crippen LogP contribution in [0.2, 0.25) is 0 Å². The molecule has 0 aromatic rings. The normalized spacial score (nSPS) is 43.5. The third-order valence-electron chi connectivity index (χ3n) is 11.3. The Morgan fingerprint density at radius 3 is 2.52 bits per heavy atom. The van der Waals surface area contributed by atoms with Crippen molar-refractivity contribution in [3.05, 3.63) is 0 Å². The van der Waals surface area contributed by atoms with Crippen LogP contribution in [-0.4, -0.2) is 49.2 Å². The number of rotatable bonds is 8. The van der Waals surface area contributed by atoms with Crippen LogP contribution in [0.1, 0.15) is 97.8 Å². The zero-order chi connectivity index (χ0) is 23.8. The van der Waals surface area contributed by atoms with Crippen molar-refractivity contribution in [2.75, 3.05) is 27.2 Å². The van der Waals surface area contributed by atoms with Crippen LogP contribution in [0.4, 0.5) is 0 Å². The smallest absolute Gasteiger partial charge is 0.220 e. The Labute approximate surface area is 203 Å². The average Bonchev–Trinajstić information content (AvgIpc) is 3.12. The molecule has 190 valence electrons. The molecule has 33 heavy (non-hydrogen) atoms. The van der Waals surface area contributed by atoms with E-state index in [1.54, 1.807) is 0 Å². The number of fused-ring (bicyclic) bond motifs is 5. The van der Waals surface area contributed by atoms with Crippen molar-refractivity contribution in [3.8, 4) is 0 Å². The fourth-order valence-corrected chi connectivity index (χ4v) is 9.48. The molecular formula is C29H52N2O2. The summed E-state index contributed by atoms with van der Waals surface area (Å²) in [4.78, 5) is 14.6. The maximum atomic E-state index is 12.4. The largest absolute Gasteiger partial charge is 0.393 e. The number of aliphatic hydroxyl groups excluding tert-OH is 1. The number of amides is 1. The van der Waals surface area contributed by atoms with Gasteiger partial charge in [0.1, 0.15) is 0 Å². The average molecular weight is 461 g/mol. The predicted octanol–water partition coefficient (Wildman–Crippen LogP) is 5.49. The lowest BCUT2D eigenvalue weighted by Gasteiger charge is -2.61. The Hall–Kier alpha value is -0.610.